The Balaban J connectivity index is 1.94. The lowest BCUT2D eigenvalue weighted by molar-refractivity contribution is -0.139. The van der Waals surface area contributed by atoms with Gasteiger partial charge in [0.1, 0.15) is 5.75 Å². The van der Waals surface area contributed by atoms with E-state index in [9.17, 15) is 26.4 Å². The van der Waals surface area contributed by atoms with Crippen molar-refractivity contribution in [2.24, 2.45) is 0 Å². The number of hydrogen-bond donors (Lipinski definition) is 1. The van der Waals surface area contributed by atoms with Crippen LogP contribution in [0.25, 0.3) is 0 Å². The molecule has 31 heavy (non-hydrogen) atoms. The molecule has 1 atom stereocenters. The van der Waals surface area contributed by atoms with E-state index in [2.05, 4.69) is 0 Å². The Kier molecular flexibility index (Phi) is 8.08. The van der Waals surface area contributed by atoms with Crippen LogP contribution in [0.5, 0.6) is 5.75 Å². The van der Waals surface area contributed by atoms with Gasteiger partial charge in [-0.05, 0) is 44.0 Å². The van der Waals surface area contributed by atoms with Crippen LogP contribution in [0.1, 0.15) is 24.5 Å². The summed E-state index contributed by atoms with van der Waals surface area (Å²) in [6.07, 6.45) is -4.35. The molecule has 2 aromatic carbocycles. The van der Waals surface area contributed by atoms with Gasteiger partial charge in [0.15, 0.2) is 0 Å². The molecule has 1 amide bonds. The Morgan fingerprint density at radius 2 is 1.74 bits per heavy atom. The third-order valence-electron chi connectivity index (χ3n) is 4.55. The van der Waals surface area contributed by atoms with E-state index in [1.807, 2.05) is 35.9 Å². The smallest absolute Gasteiger partial charge is 0.417 e. The number of para-hydroxylation sites is 1. The first-order valence-corrected chi connectivity index (χ1v) is 11.0. The molecule has 1 N–H and O–H groups in total. The number of benzene rings is 2. The molecule has 0 fully saturated rings. The number of sulfonamides is 1. The Hall–Kier alpha value is -2.59. The van der Waals surface area contributed by atoms with Gasteiger partial charge in [-0.25, -0.2) is 8.42 Å². The molecule has 0 aliphatic carbocycles. The highest BCUT2D eigenvalue weighted by Crippen LogP contribution is 2.33. The van der Waals surface area contributed by atoms with Crippen LogP contribution in [-0.2, 0) is 21.0 Å². The Bertz CT molecular complexity index is 1010. The topological polar surface area (TPSA) is 75.7 Å². The van der Waals surface area contributed by atoms with Gasteiger partial charge in [-0.1, -0.05) is 30.3 Å². The number of hydrogen-bond acceptors (Lipinski definition) is 4. The van der Waals surface area contributed by atoms with Gasteiger partial charge in [-0.3, -0.25) is 4.79 Å². The predicted octanol–water partition coefficient (Wildman–Crippen LogP) is 3.61. The van der Waals surface area contributed by atoms with Crippen molar-refractivity contribution in [2.45, 2.75) is 37.4 Å². The van der Waals surface area contributed by atoms with Gasteiger partial charge in [0.05, 0.1) is 23.1 Å². The number of likely N-dealkylation sites (N-methyl/N-ethyl adjacent to an activating group) is 1. The minimum atomic E-state index is -4.84. The van der Waals surface area contributed by atoms with E-state index in [4.69, 9.17) is 4.74 Å². The molecular formula is C21H25F3N2O4S. The van der Waals surface area contributed by atoms with Crippen LogP contribution in [-0.4, -0.2) is 45.5 Å². The first-order valence-electron chi connectivity index (χ1n) is 9.55. The molecule has 0 saturated carbocycles. The molecule has 0 aromatic heterocycles. The highest BCUT2D eigenvalue weighted by molar-refractivity contribution is 7.89. The number of aryl methyl sites for hydroxylation is 1. The number of alkyl halides is 3. The van der Waals surface area contributed by atoms with Crippen LogP contribution in [0.15, 0.2) is 53.4 Å². The fourth-order valence-corrected chi connectivity index (χ4v) is 4.35. The summed E-state index contributed by atoms with van der Waals surface area (Å²) < 4.78 is 72.1. The lowest BCUT2D eigenvalue weighted by Gasteiger charge is -2.23. The normalized spacial score (nSPS) is 13.0. The zero-order chi connectivity index (χ0) is 23.2. The third kappa shape index (κ3) is 6.70. The van der Waals surface area contributed by atoms with Crippen LogP contribution in [0.4, 0.5) is 13.2 Å². The SMILES string of the molecule is Cc1ccccc1OCCCN(C)C(=O)[C@H](C)NS(=O)(=O)c1ccccc1C(F)(F)F. The van der Waals surface area contributed by atoms with Gasteiger partial charge in [-0.2, -0.15) is 17.9 Å². The second-order valence-electron chi connectivity index (χ2n) is 7.06. The maximum absolute atomic E-state index is 13.1. The van der Waals surface area contributed by atoms with Crippen LogP contribution >= 0.6 is 0 Å². The summed E-state index contributed by atoms with van der Waals surface area (Å²) in [5.41, 5.74) is -0.307. The first kappa shape index (κ1) is 24.7. The molecule has 0 radical (unpaired) electrons. The molecule has 6 nitrogen and oxygen atoms in total. The van der Waals surface area contributed by atoms with Gasteiger partial charge in [0, 0.05) is 13.6 Å². The summed E-state index contributed by atoms with van der Waals surface area (Å²) >= 11 is 0. The van der Waals surface area contributed by atoms with Gasteiger partial charge in [-0.15, -0.1) is 0 Å². The Morgan fingerprint density at radius 3 is 2.39 bits per heavy atom. The lowest BCUT2D eigenvalue weighted by atomic mass is 10.2. The third-order valence-corrected chi connectivity index (χ3v) is 6.15. The second-order valence-corrected chi connectivity index (χ2v) is 8.75. The van der Waals surface area contributed by atoms with Crippen molar-refractivity contribution >= 4 is 15.9 Å². The molecule has 0 saturated heterocycles. The van der Waals surface area contributed by atoms with E-state index in [0.29, 0.717) is 19.1 Å². The molecule has 0 heterocycles. The maximum Gasteiger partial charge on any atom is 0.417 e. The van der Waals surface area contributed by atoms with Gasteiger partial charge in [0.25, 0.3) is 0 Å². The molecule has 170 valence electrons. The molecule has 0 aliphatic rings. The number of amides is 1. The van der Waals surface area contributed by atoms with Crippen molar-refractivity contribution in [3.63, 3.8) is 0 Å². The number of rotatable bonds is 9. The monoisotopic (exact) mass is 458 g/mol. The average molecular weight is 459 g/mol. The number of nitrogens with zero attached hydrogens (tertiary/aromatic N) is 1. The Labute approximate surface area is 180 Å². The van der Waals surface area contributed by atoms with E-state index >= 15 is 0 Å². The zero-order valence-electron chi connectivity index (χ0n) is 17.4. The van der Waals surface area contributed by atoms with Crippen molar-refractivity contribution in [3.05, 3.63) is 59.7 Å². The fraction of sp³-hybridized carbons (Fsp3) is 0.381. The summed E-state index contributed by atoms with van der Waals surface area (Å²) in [5, 5.41) is 0. The summed E-state index contributed by atoms with van der Waals surface area (Å²) in [6.45, 7) is 3.84. The quantitative estimate of drug-likeness (QED) is 0.583. The predicted molar refractivity (Wildman–Crippen MR) is 110 cm³/mol. The molecule has 0 unspecified atom stereocenters. The molecule has 0 spiro atoms. The van der Waals surface area contributed by atoms with Crippen molar-refractivity contribution in [1.29, 1.82) is 0 Å². The van der Waals surface area contributed by atoms with Crippen molar-refractivity contribution in [2.75, 3.05) is 20.2 Å². The molecule has 0 bridgehead atoms. The zero-order valence-corrected chi connectivity index (χ0v) is 18.3. The minimum Gasteiger partial charge on any atom is -0.493 e. The first-order chi connectivity index (χ1) is 14.4. The van der Waals surface area contributed by atoms with Crippen LogP contribution in [0, 0.1) is 6.92 Å². The number of halogens is 3. The minimum absolute atomic E-state index is 0.288. The Morgan fingerprint density at radius 1 is 1.13 bits per heavy atom. The second kappa shape index (κ2) is 10.1. The van der Waals surface area contributed by atoms with E-state index < -0.39 is 38.6 Å². The standard InChI is InChI=1S/C21H25F3N2O4S/c1-15-9-4-6-11-18(15)30-14-8-13-26(3)20(27)16(2)25-31(28,29)19-12-7-5-10-17(19)21(22,23)24/h4-7,9-12,16,25H,8,13-14H2,1-3H3/t16-/m0/s1. The van der Waals surface area contributed by atoms with Crippen molar-refractivity contribution in [3.8, 4) is 5.75 Å². The molecule has 2 rings (SSSR count). The van der Waals surface area contributed by atoms with Gasteiger partial charge in [0.2, 0.25) is 15.9 Å². The number of carbonyl (C=O) groups excluding carboxylic acids is 1. The van der Waals surface area contributed by atoms with E-state index in [1.54, 1.807) is 0 Å². The number of ether oxygens (including phenoxy) is 1. The highest BCUT2D eigenvalue weighted by atomic mass is 32.2. The highest BCUT2D eigenvalue weighted by Gasteiger charge is 2.37. The lowest BCUT2D eigenvalue weighted by Crippen LogP contribution is -2.46. The van der Waals surface area contributed by atoms with Crippen LogP contribution in [0.2, 0.25) is 0 Å². The van der Waals surface area contributed by atoms with Gasteiger partial charge < -0.3 is 9.64 Å². The average Bonchev–Trinajstić information content (AvgIpc) is 2.70. The van der Waals surface area contributed by atoms with Crippen LogP contribution in [0.3, 0.4) is 0 Å². The summed E-state index contributed by atoms with van der Waals surface area (Å²) in [6, 6.07) is 10.1. The summed E-state index contributed by atoms with van der Waals surface area (Å²) in [4.78, 5) is 12.9. The van der Waals surface area contributed by atoms with Crippen LogP contribution < -0.4 is 9.46 Å². The fourth-order valence-electron chi connectivity index (χ4n) is 2.92. The largest absolute Gasteiger partial charge is 0.493 e. The molecule has 0 aliphatic heterocycles. The van der Waals surface area contributed by atoms with Crippen molar-refractivity contribution < 1.29 is 31.1 Å². The molecule has 10 heteroatoms. The number of carbonyl (C=O) groups is 1. The van der Waals surface area contributed by atoms with E-state index in [0.717, 1.165) is 23.4 Å². The molecular weight excluding hydrogens is 433 g/mol. The summed E-state index contributed by atoms with van der Waals surface area (Å²) in [7, 11) is -3.07. The summed E-state index contributed by atoms with van der Waals surface area (Å²) in [5.74, 6) is 0.171. The maximum atomic E-state index is 13.1. The van der Waals surface area contributed by atoms with Gasteiger partial charge >= 0.3 is 6.18 Å². The molecule has 2 aromatic rings. The van der Waals surface area contributed by atoms with E-state index in [-0.39, 0.29) is 6.54 Å². The van der Waals surface area contributed by atoms with E-state index in [1.165, 1.54) is 24.9 Å². The van der Waals surface area contributed by atoms with Crippen molar-refractivity contribution in [1.82, 2.24) is 9.62 Å². The number of nitrogens with one attached hydrogen (secondary N) is 1.